The maximum absolute atomic E-state index is 11.3. The van der Waals surface area contributed by atoms with Crippen LogP contribution in [0.5, 0.6) is 0 Å². The minimum absolute atomic E-state index is 0.295. The molecule has 1 aromatic rings. The van der Waals surface area contributed by atoms with Crippen molar-refractivity contribution >= 4 is 23.7 Å². The summed E-state index contributed by atoms with van der Waals surface area (Å²) in [5.74, 6) is -0.852. The van der Waals surface area contributed by atoms with Crippen LogP contribution in [0, 0.1) is 0 Å². The van der Waals surface area contributed by atoms with Gasteiger partial charge in [0.25, 0.3) is 11.8 Å². The monoisotopic (exact) mass is 201 g/mol. The van der Waals surface area contributed by atoms with Crippen LogP contribution in [0.15, 0.2) is 30.3 Å². The molecular formula is C11H7NO3. The molecule has 1 heterocycles. The van der Waals surface area contributed by atoms with Gasteiger partial charge in [0.1, 0.15) is 6.29 Å². The number of rotatable bonds is 2. The summed E-state index contributed by atoms with van der Waals surface area (Å²) in [5, 5.41) is 2.14. The van der Waals surface area contributed by atoms with Crippen molar-refractivity contribution in [2.45, 2.75) is 0 Å². The van der Waals surface area contributed by atoms with Gasteiger partial charge in [-0.2, -0.15) is 0 Å². The van der Waals surface area contributed by atoms with Crippen LogP contribution >= 0.6 is 0 Å². The molecule has 0 spiro atoms. The van der Waals surface area contributed by atoms with Gasteiger partial charge in [-0.3, -0.25) is 19.7 Å². The van der Waals surface area contributed by atoms with E-state index < -0.39 is 11.8 Å². The molecule has 15 heavy (non-hydrogen) atoms. The van der Waals surface area contributed by atoms with Gasteiger partial charge in [0.05, 0.1) is 5.57 Å². The van der Waals surface area contributed by atoms with Crippen LogP contribution < -0.4 is 5.32 Å². The fourth-order valence-electron chi connectivity index (χ4n) is 1.41. The highest BCUT2D eigenvalue weighted by molar-refractivity contribution is 6.33. The molecule has 1 aliphatic rings. The van der Waals surface area contributed by atoms with Crippen LogP contribution in [0.2, 0.25) is 0 Å². The number of aldehydes is 1. The Morgan fingerprint density at radius 3 is 2.60 bits per heavy atom. The van der Waals surface area contributed by atoms with Crippen molar-refractivity contribution in [3.8, 4) is 0 Å². The molecule has 0 radical (unpaired) electrons. The normalized spacial score (nSPS) is 14.8. The lowest BCUT2D eigenvalue weighted by Gasteiger charge is -2.00. The second-order valence-electron chi connectivity index (χ2n) is 3.12. The van der Waals surface area contributed by atoms with Gasteiger partial charge in [-0.15, -0.1) is 0 Å². The van der Waals surface area contributed by atoms with E-state index in [0.717, 1.165) is 0 Å². The lowest BCUT2D eigenvalue weighted by molar-refractivity contribution is -0.123. The minimum Gasteiger partial charge on any atom is -0.298 e. The summed E-state index contributed by atoms with van der Waals surface area (Å²) in [6, 6.07) is 6.54. The van der Waals surface area contributed by atoms with Gasteiger partial charge in [-0.1, -0.05) is 18.2 Å². The van der Waals surface area contributed by atoms with Crippen molar-refractivity contribution in [1.29, 1.82) is 0 Å². The van der Waals surface area contributed by atoms with Crippen LogP contribution in [0.1, 0.15) is 15.9 Å². The van der Waals surface area contributed by atoms with E-state index in [1.54, 1.807) is 24.3 Å². The van der Waals surface area contributed by atoms with Gasteiger partial charge >= 0.3 is 0 Å². The zero-order valence-corrected chi connectivity index (χ0v) is 7.69. The third kappa shape index (κ3) is 1.69. The Balaban J connectivity index is 2.45. The molecule has 1 aliphatic heterocycles. The first kappa shape index (κ1) is 9.33. The molecule has 4 nitrogen and oxygen atoms in total. The fourth-order valence-corrected chi connectivity index (χ4v) is 1.41. The number of amides is 2. The van der Waals surface area contributed by atoms with Crippen LogP contribution in [0.4, 0.5) is 0 Å². The van der Waals surface area contributed by atoms with Crippen LogP contribution in [-0.2, 0) is 9.59 Å². The number of carbonyl (C=O) groups is 3. The van der Waals surface area contributed by atoms with E-state index in [2.05, 4.69) is 5.32 Å². The maximum atomic E-state index is 11.3. The van der Waals surface area contributed by atoms with E-state index in [1.165, 1.54) is 6.08 Å². The fraction of sp³-hybridized carbons (Fsp3) is 0. The van der Waals surface area contributed by atoms with E-state index in [1.807, 2.05) is 0 Å². The SMILES string of the molecule is O=Cc1cccc(C2=CC(=O)NC2=O)c1. The Morgan fingerprint density at radius 1 is 1.20 bits per heavy atom. The number of nitrogens with one attached hydrogen (secondary N) is 1. The van der Waals surface area contributed by atoms with Crippen LogP contribution in [-0.4, -0.2) is 18.1 Å². The van der Waals surface area contributed by atoms with Crippen molar-refractivity contribution in [3.05, 3.63) is 41.5 Å². The lowest BCUT2D eigenvalue weighted by Crippen LogP contribution is -2.21. The Morgan fingerprint density at radius 2 is 2.00 bits per heavy atom. The summed E-state index contributed by atoms with van der Waals surface area (Å²) in [6.07, 6.45) is 1.92. The molecule has 0 fully saturated rings. The second-order valence-corrected chi connectivity index (χ2v) is 3.12. The summed E-state index contributed by atoms with van der Waals surface area (Å²) in [6.45, 7) is 0. The average molecular weight is 201 g/mol. The van der Waals surface area contributed by atoms with E-state index in [0.29, 0.717) is 23.0 Å². The molecule has 0 saturated carbocycles. The summed E-state index contributed by atoms with van der Waals surface area (Å²) in [7, 11) is 0. The predicted molar refractivity (Wildman–Crippen MR) is 53.0 cm³/mol. The van der Waals surface area contributed by atoms with Crippen molar-refractivity contribution in [1.82, 2.24) is 5.32 Å². The summed E-state index contributed by atoms with van der Waals surface area (Å²) in [5.41, 5.74) is 1.34. The predicted octanol–water partition coefficient (Wildman–Crippen LogP) is 0.539. The molecule has 0 aromatic heterocycles. The minimum atomic E-state index is -0.428. The van der Waals surface area contributed by atoms with Gasteiger partial charge in [0.15, 0.2) is 0 Å². The van der Waals surface area contributed by atoms with E-state index in [9.17, 15) is 14.4 Å². The molecular weight excluding hydrogens is 194 g/mol. The first-order valence-electron chi connectivity index (χ1n) is 4.33. The molecule has 2 rings (SSSR count). The number of hydrogen-bond donors (Lipinski definition) is 1. The van der Waals surface area contributed by atoms with Gasteiger partial charge in [0, 0.05) is 11.6 Å². The van der Waals surface area contributed by atoms with Gasteiger partial charge in [-0.25, -0.2) is 0 Å². The first-order chi connectivity index (χ1) is 7.20. The lowest BCUT2D eigenvalue weighted by atomic mass is 10.0. The summed E-state index contributed by atoms with van der Waals surface area (Å²) >= 11 is 0. The Kier molecular flexibility index (Phi) is 2.17. The molecule has 0 unspecified atom stereocenters. The van der Waals surface area contributed by atoms with Gasteiger partial charge in [-0.05, 0) is 11.6 Å². The Labute approximate surface area is 85.6 Å². The zero-order chi connectivity index (χ0) is 10.8. The molecule has 74 valence electrons. The van der Waals surface area contributed by atoms with E-state index >= 15 is 0 Å². The smallest absolute Gasteiger partial charge is 0.258 e. The third-order valence-electron chi connectivity index (χ3n) is 2.09. The number of benzene rings is 1. The highest BCUT2D eigenvalue weighted by atomic mass is 16.2. The molecule has 1 N–H and O–H groups in total. The molecule has 4 heteroatoms. The van der Waals surface area contributed by atoms with Crippen LogP contribution in [0.3, 0.4) is 0 Å². The number of carbonyl (C=O) groups excluding carboxylic acids is 3. The Bertz CT molecular complexity index is 488. The van der Waals surface area contributed by atoms with Crippen molar-refractivity contribution in [2.75, 3.05) is 0 Å². The topological polar surface area (TPSA) is 63.2 Å². The second kappa shape index (κ2) is 3.49. The molecule has 0 saturated heterocycles. The maximum Gasteiger partial charge on any atom is 0.258 e. The van der Waals surface area contributed by atoms with E-state index in [-0.39, 0.29) is 0 Å². The number of hydrogen-bond acceptors (Lipinski definition) is 3. The van der Waals surface area contributed by atoms with Gasteiger partial charge < -0.3 is 0 Å². The first-order valence-corrected chi connectivity index (χ1v) is 4.33. The van der Waals surface area contributed by atoms with Crippen molar-refractivity contribution in [3.63, 3.8) is 0 Å². The average Bonchev–Trinajstić information content (AvgIpc) is 2.58. The molecule has 0 atom stereocenters. The third-order valence-corrected chi connectivity index (χ3v) is 2.09. The van der Waals surface area contributed by atoms with Crippen molar-refractivity contribution in [2.24, 2.45) is 0 Å². The summed E-state index contributed by atoms with van der Waals surface area (Å²) < 4.78 is 0. The molecule has 0 bridgehead atoms. The molecule has 2 amide bonds. The molecule has 0 aliphatic carbocycles. The van der Waals surface area contributed by atoms with Crippen molar-refractivity contribution < 1.29 is 14.4 Å². The molecule has 1 aromatic carbocycles. The quantitative estimate of drug-likeness (QED) is 0.561. The number of imide groups is 1. The highest BCUT2D eigenvalue weighted by Crippen LogP contribution is 2.18. The highest BCUT2D eigenvalue weighted by Gasteiger charge is 2.21. The van der Waals surface area contributed by atoms with Crippen LogP contribution in [0.25, 0.3) is 5.57 Å². The van der Waals surface area contributed by atoms with Gasteiger partial charge in [0.2, 0.25) is 0 Å². The zero-order valence-electron chi connectivity index (χ0n) is 7.69. The largest absolute Gasteiger partial charge is 0.298 e. The summed E-state index contributed by atoms with van der Waals surface area (Å²) in [4.78, 5) is 32.7. The van der Waals surface area contributed by atoms with E-state index in [4.69, 9.17) is 0 Å². The standard InChI is InChI=1S/C11H7NO3/c13-6-7-2-1-3-8(4-7)9-5-10(14)12-11(9)15/h1-6H,(H,12,14,15). The Hall–Kier alpha value is -2.23.